The molecule has 0 radical (unpaired) electrons. The minimum Gasteiger partial charge on any atom is -0.376 e. The smallest absolute Gasteiger partial charge is 0.314 e. The largest absolute Gasteiger partial charge is 0.376 e. The van der Waals surface area contributed by atoms with Gasteiger partial charge in [-0.3, -0.25) is 4.90 Å². The summed E-state index contributed by atoms with van der Waals surface area (Å²) in [5.41, 5.74) is 0.350. The first-order chi connectivity index (χ1) is 11.2. The zero-order chi connectivity index (χ0) is 16.1. The molecular weight excluding hydrogens is 312 g/mol. The molecule has 23 heavy (non-hydrogen) atoms. The SMILES string of the molecule is CNC(=O)NCC1CCC2(CCN(Cc3nccs3)CC2)CO1. The summed E-state index contributed by atoms with van der Waals surface area (Å²) in [7, 11) is 1.63. The maximum Gasteiger partial charge on any atom is 0.314 e. The maximum atomic E-state index is 11.2. The van der Waals surface area contributed by atoms with Gasteiger partial charge in [-0.05, 0) is 44.2 Å². The number of amides is 2. The molecule has 2 aliphatic heterocycles. The van der Waals surface area contributed by atoms with Crippen LogP contribution in [0.1, 0.15) is 30.7 Å². The Bertz CT molecular complexity index is 490. The van der Waals surface area contributed by atoms with Gasteiger partial charge in [0.25, 0.3) is 0 Å². The van der Waals surface area contributed by atoms with Gasteiger partial charge >= 0.3 is 6.03 Å². The van der Waals surface area contributed by atoms with Crippen LogP contribution in [0.4, 0.5) is 4.79 Å². The summed E-state index contributed by atoms with van der Waals surface area (Å²) in [6.07, 6.45) is 6.69. The number of hydrogen-bond acceptors (Lipinski definition) is 5. The van der Waals surface area contributed by atoms with Crippen molar-refractivity contribution < 1.29 is 9.53 Å². The molecule has 0 bridgehead atoms. The lowest BCUT2D eigenvalue weighted by molar-refractivity contribution is -0.0842. The fourth-order valence-corrected chi connectivity index (χ4v) is 4.13. The molecule has 3 heterocycles. The summed E-state index contributed by atoms with van der Waals surface area (Å²) in [6.45, 7) is 4.67. The first kappa shape index (κ1) is 16.7. The number of piperidine rings is 1. The van der Waals surface area contributed by atoms with Gasteiger partial charge < -0.3 is 15.4 Å². The van der Waals surface area contributed by atoms with Crippen LogP contribution < -0.4 is 10.6 Å². The molecule has 1 unspecified atom stereocenters. The molecule has 2 saturated heterocycles. The lowest BCUT2D eigenvalue weighted by atomic mass is 9.73. The molecule has 1 atom stereocenters. The van der Waals surface area contributed by atoms with Crippen LogP contribution in [-0.4, -0.2) is 55.3 Å². The van der Waals surface area contributed by atoms with Gasteiger partial charge in [0, 0.05) is 25.2 Å². The fraction of sp³-hybridized carbons (Fsp3) is 0.750. The van der Waals surface area contributed by atoms with Crippen molar-refractivity contribution in [2.75, 3.05) is 33.3 Å². The van der Waals surface area contributed by atoms with Gasteiger partial charge in [0.1, 0.15) is 5.01 Å². The van der Waals surface area contributed by atoms with Crippen molar-refractivity contribution in [3.63, 3.8) is 0 Å². The number of ether oxygens (including phenoxy) is 1. The van der Waals surface area contributed by atoms with Crippen molar-refractivity contribution >= 4 is 17.4 Å². The summed E-state index contributed by atoms with van der Waals surface area (Å²) >= 11 is 1.74. The molecule has 2 amide bonds. The van der Waals surface area contributed by atoms with Gasteiger partial charge in [-0.25, -0.2) is 9.78 Å². The van der Waals surface area contributed by atoms with Gasteiger partial charge in [0.2, 0.25) is 0 Å². The Balaban J connectivity index is 1.40. The maximum absolute atomic E-state index is 11.2. The Labute approximate surface area is 141 Å². The van der Waals surface area contributed by atoms with Gasteiger partial charge in [0.05, 0.1) is 19.3 Å². The zero-order valence-corrected chi connectivity index (χ0v) is 14.5. The molecule has 128 valence electrons. The first-order valence-electron chi connectivity index (χ1n) is 8.37. The fourth-order valence-electron chi connectivity index (χ4n) is 3.48. The van der Waals surface area contributed by atoms with Crippen molar-refractivity contribution in [3.8, 4) is 0 Å². The average molecular weight is 338 g/mol. The molecule has 0 aromatic carbocycles. The highest BCUT2D eigenvalue weighted by atomic mass is 32.1. The number of urea groups is 1. The lowest BCUT2D eigenvalue weighted by Gasteiger charge is -2.45. The Hall–Kier alpha value is -1.18. The summed E-state index contributed by atoms with van der Waals surface area (Å²) < 4.78 is 6.04. The van der Waals surface area contributed by atoms with Gasteiger partial charge in [-0.2, -0.15) is 0 Å². The van der Waals surface area contributed by atoms with E-state index in [2.05, 4.69) is 20.5 Å². The third-order valence-corrected chi connectivity index (χ3v) is 5.86. The molecular formula is C16H26N4O2S. The van der Waals surface area contributed by atoms with Crippen LogP contribution in [0.25, 0.3) is 0 Å². The molecule has 1 aromatic heterocycles. The standard InChI is InChI=1S/C16H26N4O2S/c1-17-15(21)19-10-13-2-3-16(12-22-13)4-7-20(8-5-16)11-14-18-6-9-23-14/h6,9,13H,2-5,7-8,10-12H2,1H3,(H2,17,19,21). The van der Waals surface area contributed by atoms with Gasteiger partial charge in [0.15, 0.2) is 0 Å². The third kappa shape index (κ3) is 4.43. The second-order valence-electron chi connectivity index (χ2n) is 6.63. The molecule has 2 N–H and O–H groups in total. The van der Waals surface area contributed by atoms with Gasteiger partial charge in [-0.1, -0.05) is 0 Å². The van der Waals surface area contributed by atoms with Crippen molar-refractivity contribution in [2.24, 2.45) is 5.41 Å². The topological polar surface area (TPSA) is 66.5 Å². The number of nitrogens with one attached hydrogen (secondary N) is 2. The quantitative estimate of drug-likeness (QED) is 0.879. The summed E-state index contributed by atoms with van der Waals surface area (Å²) in [6, 6.07) is -0.135. The van der Waals surface area contributed by atoms with Crippen LogP contribution in [0, 0.1) is 5.41 Å². The van der Waals surface area contributed by atoms with E-state index in [1.54, 1.807) is 18.4 Å². The highest BCUT2D eigenvalue weighted by Gasteiger charge is 2.38. The van der Waals surface area contributed by atoms with E-state index in [9.17, 15) is 4.79 Å². The molecule has 3 rings (SSSR count). The van der Waals surface area contributed by atoms with Crippen molar-refractivity contribution in [3.05, 3.63) is 16.6 Å². The van der Waals surface area contributed by atoms with E-state index in [0.717, 1.165) is 32.7 Å². The van der Waals surface area contributed by atoms with E-state index in [0.29, 0.717) is 12.0 Å². The first-order valence-corrected chi connectivity index (χ1v) is 9.25. The molecule has 0 saturated carbocycles. The molecule has 0 aliphatic carbocycles. The van der Waals surface area contributed by atoms with Crippen LogP contribution in [0.3, 0.4) is 0 Å². The van der Waals surface area contributed by atoms with E-state index in [1.165, 1.54) is 24.3 Å². The summed E-state index contributed by atoms with van der Waals surface area (Å²) in [5.74, 6) is 0. The monoisotopic (exact) mass is 338 g/mol. The van der Waals surface area contributed by atoms with E-state index in [-0.39, 0.29) is 12.1 Å². The Morgan fingerprint density at radius 3 is 2.91 bits per heavy atom. The van der Waals surface area contributed by atoms with E-state index >= 15 is 0 Å². The Kier molecular flexibility index (Phi) is 5.50. The van der Waals surface area contributed by atoms with Crippen LogP contribution in [0.5, 0.6) is 0 Å². The second-order valence-corrected chi connectivity index (χ2v) is 7.61. The molecule has 7 heteroatoms. The molecule has 1 aromatic rings. The normalized spacial score (nSPS) is 24.5. The number of likely N-dealkylation sites (tertiary alicyclic amines) is 1. The van der Waals surface area contributed by atoms with Crippen LogP contribution in [-0.2, 0) is 11.3 Å². The minimum absolute atomic E-state index is 0.135. The number of nitrogens with zero attached hydrogens (tertiary/aromatic N) is 2. The van der Waals surface area contributed by atoms with Crippen molar-refractivity contribution in [1.82, 2.24) is 20.5 Å². The molecule has 6 nitrogen and oxygen atoms in total. The predicted molar refractivity (Wildman–Crippen MR) is 90.5 cm³/mol. The number of rotatable bonds is 4. The lowest BCUT2D eigenvalue weighted by Crippen LogP contribution is -2.48. The molecule has 2 fully saturated rings. The third-order valence-electron chi connectivity index (χ3n) is 5.10. The number of carbonyl (C=O) groups excluding carboxylic acids is 1. The number of hydrogen-bond donors (Lipinski definition) is 2. The van der Waals surface area contributed by atoms with E-state index in [4.69, 9.17) is 4.74 Å². The van der Waals surface area contributed by atoms with E-state index in [1.807, 2.05) is 11.6 Å². The molecule has 1 spiro atoms. The summed E-state index contributed by atoms with van der Waals surface area (Å²) in [4.78, 5) is 18.1. The zero-order valence-electron chi connectivity index (χ0n) is 13.7. The minimum atomic E-state index is -0.135. The second kappa shape index (κ2) is 7.59. The highest BCUT2D eigenvalue weighted by molar-refractivity contribution is 7.09. The number of thiazole rings is 1. The Morgan fingerprint density at radius 1 is 1.48 bits per heavy atom. The highest BCUT2D eigenvalue weighted by Crippen LogP contribution is 2.40. The summed E-state index contributed by atoms with van der Waals surface area (Å²) in [5, 5.41) is 8.66. The number of aromatic nitrogens is 1. The van der Waals surface area contributed by atoms with Crippen molar-refractivity contribution in [1.29, 1.82) is 0 Å². The Morgan fingerprint density at radius 2 is 2.30 bits per heavy atom. The predicted octanol–water partition coefficient (Wildman–Crippen LogP) is 1.83. The van der Waals surface area contributed by atoms with Crippen LogP contribution in [0.15, 0.2) is 11.6 Å². The van der Waals surface area contributed by atoms with Crippen LogP contribution >= 0.6 is 11.3 Å². The van der Waals surface area contributed by atoms with Gasteiger partial charge in [-0.15, -0.1) is 11.3 Å². The molecule has 2 aliphatic rings. The van der Waals surface area contributed by atoms with E-state index < -0.39 is 0 Å². The van der Waals surface area contributed by atoms with Crippen molar-refractivity contribution in [2.45, 2.75) is 38.3 Å². The average Bonchev–Trinajstić information content (AvgIpc) is 3.09. The van der Waals surface area contributed by atoms with Crippen LogP contribution in [0.2, 0.25) is 0 Å². The number of carbonyl (C=O) groups is 1.